The molecule has 3 aromatic rings. The smallest absolute Gasteiger partial charge is 0.406 e. The summed E-state index contributed by atoms with van der Waals surface area (Å²) in [5, 5.41) is 8.58. The minimum Gasteiger partial charge on any atom is -0.406 e. The molecular formula is C17H11F5N2O4S. The van der Waals surface area contributed by atoms with Gasteiger partial charge in [0.2, 0.25) is 10.0 Å². The van der Waals surface area contributed by atoms with Gasteiger partial charge in [0.15, 0.2) is 4.90 Å². The molecule has 29 heavy (non-hydrogen) atoms. The molecule has 2 N–H and O–H groups in total. The third kappa shape index (κ3) is 4.38. The largest absolute Gasteiger partial charge is 0.573 e. The number of aryl methyl sites for hydroxylation is 1. The molecule has 2 aromatic carbocycles. The minimum atomic E-state index is -4.86. The van der Waals surface area contributed by atoms with Crippen LogP contribution in [0.2, 0.25) is 0 Å². The summed E-state index contributed by atoms with van der Waals surface area (Å²) in [6, 6.07) is 6.03. The molecule has 0 aliphatic carbocycles. The van der Waals surface area contributed by atoms with Crippen LogP contribution in [0.5, 0.6) is 5.75 Å². The van der Waals surface area contributed by atoms with Gasteiger partial charge in [-0.05, 0) is 48.9 Å². The van der Waals surface area contributed by atoms with E-state index in [1.165, 1.54) is 19.1 Å². The lowest BCUT2D eigenvalue weighted by atomic mass is 9.99. The monoisotopic (exact) mass is 434 g/mol. The maximum Gasteiger partial charge on any atom is 0.573 e. The number of benzene rings is 2. The van der Waals surface area contributed by atoms with Crippen LogP contribution in [-0.4, -0.2) is 19.9 Å². The SMILES string of the molecule is Cc1onc(-c2ccc(OC(F)(F)F)cc2)c1-c1cc(F)c(S(N)(=O)=O)c(F)c1. The Balaban J connectivity index is 2.08. The molecule has 154 valence electrons. The molecule has 1 heterocycles. The molecule has 0 saturated carbocycles. The predicted molar refractivity (Wildman–Crippen MR) is 90.1 cm³/mol. The summed E-state index contributed by atoms with van der Waals surface area (Å²) >= 11 is 0. The number of rotatable bonds is 4. The van der Waals surface area contributed by atoms with Crippen molar-refractivity contribution in [1.29, 1.82) is 0 Å². The van der Waals surface area contributed by atoms with E-state index in [-0.39, 0.29) is 28.1 Å². The van der Waals surface area contributed by atoms with E-state index in [0.717, 1.165) is 24.3 Å². The summed E-state index contributed by atoms with van der Waals surface area (Å²) < 4.78 is 96.7. The van der Waals surface area contributed by atoms with Gasteiger partial charge in [0, 0.05) is 5.56 Å². The molecule has 0 bridgehead atoms. The lowest BCUT2D eigenvalue weighted by Crippen LogP contribution is -2.16. The van der Waals surface area contributed by atoms with Gasteiger partial charge < -0.3 is 9.26 Å². The molecule has 0 fully saturated rings. The number of hydrogen-bond acceptors (Lipinski definition) is 5. The third-order valence-electron chi connectivity index (χ3n) is 3.80. The number of ether oxygens (including phenoxy) is 1. The second-order valence-electron chi connectivity index (χ2n) is 5.85. The normalized spacial score (nSPS) is 12.2. The first-order valence-corrected chi connectivity index (χ1v) is 9.26. The van der Waals surface area contributed by atoms with Crippen LogP contribution in [0, 0.1) is 18.6 Å². The van der Waals surface area contributed by atoms with E-state index in [0.29, 0.717) is 0 Å². The highest BCUT2D eigenvalue weighted by Crippen LogP contribution is 2.37. The van der Waals surface area contributed by atoms with Crippen LogP contribution >= 0.6 is 0 Å². The highest BCUT2D eigenvalue weighted by molar-refractivity contribution is 7.89. The molecular weight excluding hydrogens is 423 g/mol. The van der Waals surface area contributed by atoms with Crippen LogP contribution in [0.25, 0.3) is 22.4 Å². The van der Waals surface area contributed by atoms with Crippen molar-refractivity contribution in [2.75, 3.05) is 0 Å². The van der Waals surface area contributed by atoms with Crippen LogP contribution in [0.3, 0.4) is 0 Å². The van der Waals surface area contributed by atoms with Crippen molar-refractivity contribution in [2.24, 2.45) is 5.14 Å². The van der Waals surface area contributed by atoms with Crippen molar-refractivity contribution >= 4 is 10.0 Å². The molecule has 0 radical (unpaired) electrons. The number of primary sulfonamides is 1. The average Bonchev–Trinajstić information content (AvgIpc) is 2.93. The second-order valence-corrected chi connectivity index (χ2v) is 7.35. The van der Waals surface area contributed by atoms with E-state index >= 15 is 0 Å². The highest BCUT2D eigenvalue weighted by atomic mass is 32.2. The van der Waals surface area contributed by atoms with Gasteiger partial charge in [0.1, 0.15) is 28.8 Å². The molecule has 0 unspecified atom stereocenters. The number of hydrogen-bond donors (Lipinski definition) is 1. The molecule has 0 spiro atoms. The van der Waals surface area contributed by atoms with E-state index in [4.69, 9.17) is 9.66 Å². The van der Waals surface area contributed by atoms with E-state index < -0.39 is 38.7 Å². The Morgan fingerprint density at radius 3 is 2.07 bits per heavy atom. The molecule has 1 aromatic heterocycles. The maximum atomic E-state index is 14.2. The maximum absolute atomic E-state index is 14.2. The Hall–Kier alpha value is -2.99. The summed E-state index contributed by atoms with van der Waals surface area (Å²) in [4.78, 5) is -1.29. The number of sulfonamides is 1. The third-order valence-corrected chi connectivity index (χ3v) is 4.75. The lowest BCUT2D eigenvalue weighted by Gasteiger charge is -2.10. The highest BCUT2D eigenvalue weighted by Gasteiger charge is 2.31. The van der Waals surface area contributed by atoms with Gasteiger partial charge in [-0.2, -0.15) is 0 Å². The Bertz CT molecular complexity index is 1150. The quantitative estimate of drug-likeness (QED) is 0.623. The number of nitrogens with two attached hydrogens (primary N) is 1. The van der Waals surface area contributed by atoms with Crippen LogP contribution in [0.4, 0.5) is 22.0 Å². The van der Waals surface area contributed by atoms with Gasteiger partial charge >= 0.3 is 6.36 Å². The van der Waals surface area contributed by atoms with Crippen LogP contribution in [0.1, 0.15) is 5.76 Å². The van der Waals surface area contributed by atoms with Gasteiger partial charge in [-0.15, -0.1) is 13.2 Å². The van der Waals surface area contributed by atoms with Gasteiger partial charge in [0.25, 0.3) is 0 Å². The van der Waals surface area contributed by atoms with E-state index in [2.05, 4.69) is 9.89 Å². The summed E-state index contributed by atoms with van der Waals surface area (Å²) in [5.74, 6) is -3.17. The van der Waals surface area contributed by atoms with Gasteiger partial charge in [-0.3, -0.25) is 0 Å². The zero-order valence-electron chi connectivity index (χ0n) is 14.4. The number of nitrogens with zero attached hydrogens (tertiary/aromatic N) is 1. The molecule has 6 nitrogen and oxygen atoms in total. The van der Waals surface area contributed by atoms with Crippen molar-refractivity contribution in [3.63, 3.8) is 0 Å². The standard InChI is InChI=1S/C17H11F5N2O4S/c1-8-14(10-6-12(18)16(13(19)7-10)29(23,25)26)15(24-28-8)9-2-4-11(5-3-9)27-17(20,21)22/h2-7H,1H3,(H2,23,25,26). The van der Waals surface area contributed by atoms with Crippen molar-refractivity contribution in [1.82, 2.24) is 5.16 Å². The van der Waals surface area contributed by atoms with E-state index in [1.807, 2.05) is 0 Å². The van der Waals surface area contributed by atoms with Gasteiger partial charge in [-0.1, -0.05) is 5.16 Å². The summed E-state index contributed by atoms with van der Waals surface area (Å²) in [5.41, 5.74) is 0.357. The summed E-state index contributed by atoms with van der Waals surface area (Å²) in [7, 11) is -4.64. The van der Waals surface area contributed by atoms with Crippen LogP contribution in [-0.2, 0) is 10.0 Å². The number of alkyl halides is 3. The Morgan fingerprint density at radius 1 is 1.03 bits per heavy atom. The molecule has 0 aliphatic heterocycles. The van der Waals surface area contributed by atoms with Crippen molar-refractivity contribution in [3.05, 3.63) is 53.8 Å². The average molecular weight is 434 g/mol. The molecule has 3 rings (SSSR count). The Kier molecular flexibility index (Phi) is 5.09. The van der Waals surface area contributed by atoms with E-state index in [9.17, 15) is 30.4 Å². The van der Waals surface area contributed by atoms with Crippen molar-refractivity contribution in [3.8, 4) is 28.1 Å². The Morgan fingerprint density at radius 2 is 1.59 bits per heavy atom. The van der Waals surface area contributed by atoms with Gasteiger partial charge in [-0.25, -0.2) is 22.3 Å². The molecule has 12 heteroatoms. The van der Waals surface area contributed by atoms with Crippen LogP contribution in [0.15, 0.2) is 45.8 Å². The first-order chi connectivity index (χ1) is 13.4. The first-order valence-electron chi connectivity index (χ1n) is 7.71. The molecule has 0 aliphatic rings. The fourth-order valence-electron chi connectivity index (χ4n) is 2.70. The predicted octanol–water partition coefficient (Wildman–Crippen LogP) is 4.14. The molecule has 0 saturated heterocycles. The first kappa shape index (κ1) is 20.7. The lowest BCUT2D eigenvalue weighted by molar-refractivity contribution is -0.274. The number of halogens is 5. The zero-order chi connectivity index (χ0) is 21.6. The molecule has 0 atom stereocenters. The topological polar surface area (TPSA) is 95.4 Å². The summed E-state index contributed by atoms with van der Waals surface area (Å²) in [6.45, 7) is 1.44. The van der Waals surface area contributed by atoms with Crippen LogP contribution < -0.4 is 9.88 Å². The van der Waals surface area contributed by atoms with Gasteiger partial charge in [0.05, 0.1) is 5.56 Å². The minimum absolute atomic E-state index is 0.0724. The summed E-state index contributed by atoms with van der Waals surface area (Å²) in [6.07, 6.45) is -4.86. The van der Waals surface area contributed by atoms with Crippen molar-refractivity contribution in [2.45, 2.75) is 18.2 Å². The van der Waals surface area contributed by atoms with E-state index in [1.54, 1.807) is 0 Å². The zero-order valence-corrected chi connectivity index (χ0v) is 15.2. The fourth-order valence-corrected chi connectivity index (χ4v) is 3.36. The number of aromatic nitrogens is 1. The Labute approximate surface area is 160 Å². The van der Waals surface area contributed by atoms with Crippen molar-refractivity contribution < 1.29 is 39.6 Å². The fraction of sp³-hybridized carbons (Fsp3) is 0.118. The second kappa shape index (κ2) is 7.12. The molecule has 0 amide bonds.